The average Bonchev–Trinajstić information content (AvgIpc) is 2.41. The molecule has 0 saturated heterocycles. The van der Waals surface area contributed by atoms with E-state index >= 15 is 0 Å². The zero-order chi connectivity index (χ0) is 14.5. The fraction of sp³-hybridized carbons (Fsp3) is 0.214. The highest BCUT2D eigenvalue weighted by molar-refractivity contribution is 6.30. The fourth-order valence-corrected chi connectivity index (χ4v) is 1.89. The Hall–Kier alpha value is -2.14. The number of carbonyl (C=O) groups is 1. The number of halogens is 1. The largest absolute Gasteiger partial charge is 0.481 e. The van der Waals surface area contributed by atoms with Crippen molar-refractivity contribution in [2.75, 3.05) is 0 Å². The number of carboxylic acid groups (broad SMARTS) is 1. The highest BCUT2D eigenvalue weighted by Gasteiger charge is 2.04. The van der Waals surface area contributed by atoms with Gasteiger partial charge in [-0.2, -0.15) is 5.10 Å². The van der Waals surface area contributed by atoms with Gasteiger partial charge in [0.2, 0.25) is 0 Å². The number of hydrogen-bond acceptors (Lipinski definition) is 3. The molecule has 2 aromatic rings. The maximum Gasteiger partial charge on any atom is 0.303 e. The third-order valence-corrected chi connectivity index (χ3v) is 3.02. The Bertz CT molecular complexity index is 665. The monoisotopic (exact) mass is 292 g/mol. The first-order valence-electron chi connectivity index (χ1n) is 6.12. The Kier molecular flexibility index (Phi) is 4.53. The van der Waals surface area contributed by atoms with Gasteiger partial charge >= 0.3 is 5.97 Å². The van der Waals surface area contributed by atoms with Crippen molar-refractivity contribution in [1.29, 1.82) is 0 Å². The number of aromatic nitrogens is 2. The van der Waals surface area contributed by atoms with E-state index in [-0.39, 0.29) is 18.5 Å². The molecular formula is C14H13ClN2O3. The van der Waals surface area contributed by atoms with Gasteiger partial charge in [-0.15, -0.1) is 0 Å². The summed E-state index contributed by atoms with van der Waals surface area (Å²) in [5.41, 5.74) is 1.26. The summed E-state index contributed by atoms with van der Waals surface area (Å²) < 4.78 is 1.28. The van der Waals surface area contributed by atoms with Crippen LogP contribution >= 0.6 is 11.6 Å². The molecule has 1 N–H and O–H groups in total. The smallest absolute Gasteiger partial charge is 0.303 e. The van der Waals surface area contributed by atoms with E-state index in [1.165, 1.54) is 10.7 Å². The second-order valence-corrected chi connectivity index (χ2v) is 4.72. The average molecular weight is 293 g/mol. The second-order valence-electron chi connectivity index (χ2n) is 4.28. The van der Waals surface area contributed by atoms with E-state index < -0.39 is 5.97 Å². The van der Waals surface area contributed by atoms with Crippen LogP contribution in [0.1, 0.15) is 12.8 Å². The highest BCUT2D eigenvalue weighted by atomic mass is 35.5. The molecule has 104 valence electrons. The zero-order valence-corrected chi connectivity index (χ0v) is 11.4. The van der Waals surface area contributed by atoms with Gasteiger partial charge in [0.05, 0.1) is 5.69 Å². The first-order chi connectivity index (χ1) is 9.56. The lowest BCUT2D eigenvalue weighted by molar-refractivity contribution is -0.137. The van der Waals surface area contributed by atoms with E-state index in [1.54, 1.807) is 18.2 Å². The molecule has 1 heterocycles. The van der Waals surface area contributed by atoms with Gasteiger partial charge in [0.25, 0.3) is 5.56 Å². The molecule has 1 aromatic heterocycles. The number of aryl methyl sites for hydroxylation is 1. The van der Waals surface area contributed by atoms with Crippen molar-refractivity contribution in [2.45, 2.75) is 19.4 Å². The predicted molar refractivity (Wildman–Crippen MR) is 75.8 cm³/mol. The summed E-state index contributed by atoms with van der Waals surface area (Å²) in [5.74, 6) is -0.882. The van der Waals surface area contributed by atoms with Gasteiger partial charge in [0.15, 0.2) is 0 Å². The minimum atomic E-state index is -0.882. The number of nitrogens with zero attached hydrogens (tertiary/aromatic N) is 2. The van der Waals surface area contributed by atoms with Crippen molar-refractivity contribution in [2.24, 2.45) is 0 Å². The second kappa shape index (κ2) is 6.34. The molecule has 0 atom stereocenters. The fourth-order valence-electron chi connectivity index (χ4n) is 1.76. The van der Waals surface area contributed by atoms with E-state index in [1.807, 2.05) is 12.1 Å². The molecule has 0 amide bonds. The van der Waals surface area contributed by atoms with Crippen molar-refractivity contribution in [3.05, 3.63) is 51.8 Å². The van der Waals surface area contributed by atoms with Gasteiger partial charge in [0.1, 0.15) is 0 Å². The molecule has 0 spiro atoms. The third-order valence-electron chi connectivity index (χ3n) is 2.77. The molecule has 0 aliphatic rings. The molecule has 0 unspecified atom stereocenters. The lowest BCUT2D eigenvalue weighted by atomic mass is 10.1. The van der Waals surface area contributed by atoms with Crippen LogP contribution < -0.4 is 5.56 Å². The van der Waals surface area contributed by atoms with Crippen LogP contribution in [0.2, 0.25) is 5.02 Å². The number of rotatable bonds is 5. The minimum Gasteiger partial charge on any atom is -0.481 e. The summed E-state index contributed by atoms with van der Waals surface area (Å²) in [4.78, 5) is 22.1. The Morgan fingerprint density at radius 1 is 1.20 bits per heavy atom. The first kappa shape index (κ1) is 14.3. The topological polar surface area (TPSA) is 72.2 Å². The number of hydrogen-bond donors (Lipinski definition) is 1. The lowest BCUT2D eigenvalue weighted by Crippen LogP contribution is -2.22. The molecule has 0 bridgehead atoms. The van der Waals surface area contributed by atoms with Gasteiger partial charge in [-0.1, -0.05) is 23.7 Å². The third kappa shape index (κ3) is 3.68. The summed E-state index contributed by atoms with van der Waals surface area (Å²) in [6, 6.07) is 10.2. The predicted octanol–water partition coefficient (Wildman–Crippen LogP) is 2.43. The van der Waals surface area contributed by atoms with Crippen molar-refractivity contribution in [1.82, 2.24) is 9.78 Å². The van der Waals surface area contributed by atoms with E-state index in [9.17, 15) is 9.59 Å². The van der Waals surface area contributed by atoms with Gasteiger partial charge in [-0.05, 0) is 24.6 Å². The van der Waals surface area contributed by atoms with Crippen LogP contribution in [0.4, 0.5) is 0 Å². The van der Waals surface area contributed by atoms with Crippen LogP contribution in [0, 0.1) is 0 Å². The van der Waals surface area contributed by atoms with Crippen LogP contribution in [0.3, 0.4) is 0 Å². The zero-order valence-electron chi connectivity index (χ0n) is 10.6. The minimum absolute atomic E-state index is 0.0132. The molecule has 5 nitrogen and oxygen atoms in total. The van der Waals surface area contributed by atoms with Crippen LogP contribution in [-0.4, -0.2) is 20.9 Å². The van der Waals surface area contributed by atoms with Crippen LogP contribution in [0.5, 0.6) is 0 Å². The molecule has 0 aliphatic carbocycles. The molecule has 0 radical (unpaired) electrons. The van der Waals surface area contributed by atoms with E-state index in [0.717, 1.165) is 5.56 Å². The van der Waals surface area contributed by atoms with Gasteiger partial charge < -0.3 is 5.11 Å². The number of aliphatic carboxylic acids is 1. The molecule has 1 aromatic carbocycles. The summed E-state index contributed by atoms with van der Waals surface area (Å²) in [7, 11) is 0. The Morgan fingerprint density at radius 3 is 2.55 bits per heavy atom. The summed E-state index contributed by atoms with van der Waals surface area (Å²) in [6.45, 7) is 0.284. The van der Waals surface area contributed by atoms with E-state index in [4.69, 9.17) is 16.7 Å². The molecule has 20 heavy (non-hydrogen) atoms. The summed E-state index contributed by atoms with van der Waals surface area (Å²) in [6.07, 6.45) is 0.381. The van der Waals surface area contributed by atoms with Gasteiger partial charge in [-0.25, -0.2) is 4.68 Å². The Balaban J connectivity index is 2.21. The normalized spacial score (nSPS) is 10.4. The Labute approximate surface area is 120 Å². The molecule has 0 aliphatic heterocycles. The van der Waals surface area contributed by atoms with Crippen molar-refractivity contribution in [3.63, 3.8) is 0 Å². The van der Waals surface area contributed by atoms with Crippen molar-refractivity contribution >= 4 is 17.6 Å². The van der Waals surface area contributed by atoms with Crippen molar-refractivity contribution < 1.29 is 9.90 Å². The molecule has 0 saturated carbocycles. The molecular weight excluding hydrogens is 280 g/mol. The number of carboxylic acids is 1. The molecule has 0 fully saturated rings. The van der Waals surface area contributed by atoms with Crippen LogP contribution in [0.15, 0.2) is 41.2 Å². The maximum atomic E-state index is 11.7. The van der Waals surface area contributed by atoms with Crippen LogP contribution in [-0.2, 0) is 11.3 Å². The van der Waals surface area contributed by atoms with E-state index in [2.05, 4.69) is 5.10 Å². The first-order valence-corrected chi connectivity index (χ1v) is 6.50. The summed E-state index contributed by atoms with van der Waals surface area (Å²) >= 11 is 5.82. The van der Waals surface area contributed by atoms with Crippen molar-refractivity contribution in [3.8, 4) is 11.3 Å². The Morgan fingerprint density at radius 2 is 1.90 bits per heavy atom. The standard InChI is InChI=1S/C14H13ClN2O3/c15-11-5-3-10(4-6-11)12-7-8-13(18)17(16-12)9-1-2-14(19)20/h3-8H,1-2,9H2,(H,19,20). The molecule has 2 rings (SSSR count). The SMILES string of the molecule is O=C(O)CCCn1nc(-c2ccc(Cl)cc2)ccc1=O. The van der Waals surface area contributed by atoms with Gasteiger partial charge in [0, 0.05) is 29.6 Å². The summed E-state index contributed by atoms with van der Waals surface area (Å²) in [5, 5.41) is 13.5. The van der Waals surface area contributed by atoms with Gasteiger partial charge in [-0.3, -0.25) is 9.59 Å². The van der Waals surface area contributed by atoms with E-state index in [0.29, 0.717) is 17.1 Å². The molecule has 6 heteroatoms. The maximum absolute atomic E-state index is 11.7. The quantitative estimate of drug-likeness (QED) is 0.918. The number of benzene rings is 1. The van der Waals surface area contributed by atoms with Crippen LogP contribution in [0.25, 0.3) is 11.3 Å². The highest BCUT2D eigenvalue weighted by Crippen LogP contribution is 2.18. The lowest BCUT2D eigenvalue weighted by Gasteiger charge is -2.06.